The number of urea groups is 1. The van der Waals surface area contributed by atoms with Gasteiger partial charge in [-0.15, -0.1) is 11.3 Å². The van der Waals surface area contributed by atoms with Crippen LogP contribution in [0.3, 0.4) is 0 Å². The van der Waals surface area contributed by atoms with Crippen LogP contribution in [-0.2, 0) is 10.0 Å². The van der Waals surface area contributed by atoms with Crippen LogP contribution in [0, 0.1) is 0 Å². The molecule has 2 heterocycles. The molecule has 9 heteroatoms. The molecule has 28 heavy (non-hydrogen) atoms. The van der Waals surface area contributed by atoms with Crippen molar-refractivity contribution in [3.8, 4) is 0 Å². The number of rotatable bonds is 7. The van der Waals surface area contributed by atoms with E-state index >= 15 is 0 Å². The van der Waals surface area contributed by atoms with Gasteiger partial charge >= 0.3 is 6.03 Å². The summed E-state index contributed by atoms with van der Waals surface area (Å²) in [4.78, 5) is 14.0. The zero-order valence-electron chi connectivity index (χ0n) is 16.0. The molecule has 150 valence electrons. The fourth-order valence-electron chi connectivity index (χ4n) is 2.70. The fourth-order valence-corrected chi connectivity index (χ4v) is 5.08. The summed E-state index contributed by atoms with van der Waals surface area (Å²) >= 11 is 1.17. The quantitative estimate of drug-likeness (QED) is 0.633. The van der Waals surface area contributed by atoms with E-state index in [4.69, 9.17) is 4.42 Å². The van der Waals surface area contributed by atoms with Crippen molar-refractivity contribution in [1.29, 1.82) is 0 Å². The molecule has 2 amide bonds. The highest BCUT2D eigenvalue weighted by atomic mass is 32.2. The van der Waals surface area contributed by atoms with Crippen LogP contribution in [0.25, 0.3) is 11.0 Å². The van der Waals surface area contributed by atoms with Crippen molar-refractivity contribution in [2.75, 3.05) is 27.2 Å². The molecular formula is C19H23N3O4S2. The van der Waals surface area contributed by atoms with Gasteiger partial charge in [0.05, 0.1) is 6.04 Å². The zero-order chi connectivity index (χ0) is 20.3. The Morgan fingerprint density at radius 2 is 1.96 bits per heavy atom. The van der Waals surface area contributed by atoms with Crippen molar-refractivity contribution in [3.05, 3.63) is 53.6 Å². The Labute approximate surface area is 168 Å². The molecule has 0 saturated carbocycles. The number of sulfonamides is 1. The Bertz CT molecular complexity index is 1010. The third kappa shape index (κ3) is 4.21. The number of benzene rings is 1. The molecule has 0 bridgehead atoms. The largest absolute Gasteiger partial charge is 0.459 e. The van der Waals surface area contributed by atoms with Gasteiger partial charge in [0, 0.05) is 32.6 Å². The van der Waals surface area contributed by atoms with E-state index in [9.17, 15) is 13.2 Å². The number of amides is 2. The molecule has 0 spiro atoms. The molecule has 1 unspecified atom stereocenters. The monoisotopic (exact) mass is 421 g/mol. The molecule has 1 atom stereocenters. The first kappa shape index (κ1) is 20.4. The topological polar surface area (TPSA) is 82.9 Å². The standard InChI is InChI=1S/C19H23N3O4S2/c1-14(17-13-15-7-4-5-8-16(15)26-17)22(3)19(23)20-10-11-21(2)28(24,25)18-9-6-12-27-18/h4-9,12-14H,10-11H2,1-3H3,(H,20,23). The lowest BCUT2D eigenvalue weighted by Crippen LogP contribution is -2.42. The first-order valence-corrected chi connectivity index (χ1v) is 11.1. The summed E-state index contributed by atoms with van der Waals surface area (Å²) in [7, 11) is -0.334. The second-order valence-corrected chi connectivity index (χ2v) is 9.68. The molecule has 1 aromatic carbocycles. The van der Waals surface area contributed by atoms with Crippen molar-refractivity contribution in [2.45, 2.75) is 17.2 Å². The average molecular weight is 422 g/mol. The molecule has 3 rings (SSSR count). The number of hydrogen-bond acceptors (Lipinski definition) is 5. The first-order valence-electron chi connectivity index (χ1n) is 8.79. The molecule has 0 saturated heterocycles. The summed E-state index contributed by atoms with van der Waals surface area (Å²) in [5, 5.41) is 5.46. The second-order valence-electron chi connectivity index (χ2n) is 6.46. The van der Waals surface area contributed by atoms with Crippen molar-refractivity contribution in [1.82, 2.24) is 14.5 Å². The SMILES string of the molecule is CC(c1cc2ccccc2o1)N(C)C(=O)NCCN(C)S(=O)(=O)c1cccs1. The van der Waals surface area contributed by atoms with Gasteiger partial charge < -0.3 is 14.6 Å². The maximum Gasteiger partial charge on any atom is 0.317 e. The Balaban J connectivity index is 1.55. The summed E-state index contributed by atoms with van der Waals surface area (Å²) in [6.07, 6.45) is 0. The maximum absolute atomic E-state index is 12.4. The molecule has 0 aliphatic heterocycles. The minimum atomic E-state index is -3.52. The van der Waals surface area contributed by atoms with Crippen LogP contribution in [-0.4, -0.2) is 50.8 Å². The van der Waals surface area contributed by atoms with Gasteiger partial charge in [-0.2, -0.15) is 4.31 Å². The molecule has 0 radical (unpaired) electrons. The Kier molecular flexibility index (Phi) is 6.07. The van der Waals surface area contributed by atoms with Gasteiger partial charge in [-0.3, -0.25) is 0 Å². The number of hydrogen-bond donors (Lipinski definition) is 1. The van der Waals surface area contributed by atoms with E-state index in [2.05, 4.69) is 5.32 Å². The van der Waals surface area contributed by atoms with Crippen LogP contribution in [0.5, 0.6) is 0 Å². The average Bonchev–Trinajstić information content (AvgIpc) is 3.36. The lowest BCUT2D eigenvalue weighted by molar-refractivity contribution is 0.187. The molecule has 0 aliphatic carbocycles. The smallest absolute Gasteiger partial charge is 0.317 e. The molecule has 0 fully saturated rings. The molecule has 2 aromatic heterocycles. The fraction of sp³-hybridized carbons (Fsp3) is 0.316. The number of thiophene rings is 1. The molecule has 7 nitrogen and oxygen atoms in total. The summed E-state index contributed by atoms with van der Waals surface area (Å²) in [5.41, 5.74) is 0.776. The number of nitrogens with one attached hydrogen (secondary N) is 1. The third-order valence-electron chi connectivity index (χ3n) is 4.62. The predicted molar refractivity (Wildman–Crippen MR) is 110 cm³/mol. The minimum Gasteiger partial charge on any atom is -0.459 e. The van der Waals surface area contributed by atoms with Gasteiger partial charge in [0.1, 0.15) is 15.6 Å². The molecule has 0 aliphatic rings. The number of para-hydroxylation sites is 1. The maximum atomic E-state index is 12.4. The van der Waals surface area contributed by atoms with Crippen molar-refractivity contribution >= 4 is 38.4 Å². The van der Waals surface area contributed by atoms with Gasteiger partial charge in [0.15, 0.2) is 0 Å². The summed E-state index contributed by atoms with van der Waals surface area (Å²) in [5.74, 6) is 0.691. The highest BCUT2D eigenvalue weighted by molar-refractivity contribution is 7.91. The Morgan fingerprint density at radius 3 is 2.64 bits per heavy atom. The van der Waals surface area contributed by atoms with Gasteiger partial charge in [-0.25, -0.2) is 13.2 Å². The lowest BCUT2D eigenvalue weighted by atomic mass is 10.2. The van der Waals surface area contributed by atoms with Crippen LogP contribution >= 0.6 is 11.3 Å². The van der Waals surface area contributed by atoms with E-state index in [0.29, 0.717) is 5.76 Å². The zero-order valence-corrected chi connectivity index (χ0v) is 17.6. The van der Waals surface area contributed by atoms with Crippen molar-refractivity contribution in [3.63, 3.8) is 0 Å². The van der Waals surface area contributed by atoms with E-state index in [0.717, 1.165) is 11.0 Å². The van der Waals surface area contributed by atoms with Gasteiger partial charge in [0.2, 0.25) is 0 Å². The molecule has 3 aromatic rings. The van der Waals surface area contributed by atoms with Crippen molar-refractivity contribution < 1.29 is 17.6 Å². The van der Waals surface area contributed by atoms with Crippen LogP contribution < -0.4 is 5.32 Å². The number of fused-ring (bicyclic) bond motifs is 1. The van der Waals surface area contributed by atoms with Gasteiger partial charge in [-0.1, -0.05) is 24.3 Å². The van der Waals surface area contributed by atoms with E-state index in [1.807, 2.05) is 37.3 Å². The Hall–Kier alpha value is -2.36. The normalized spacial score (nSPS) is 13.0. The Morgan fingerprint density at radius 1 is 1.21 bits per heavy atom. The number of furan rings is 1. The number of likely N-dealkylation sites (N-methyl/N-ethyl adjacent to an activating group) is 1. The van der Waals surface area contributed by atoms with Crippen LogP contribution in [0.15, 0.2) is 56.5 Å². The van der Waals surface area contributed by atoms with E-state index in [1.165, 1.54) is 27.6 Å². The lowest BCUT2D eigenvalue weighted by Gasteiger charge is -2.24. The van der Waals surface area contributed by atoms with Gasteiger partial charge in [-0.05, 0) is 30.5 Å². The van der Waals surface area contributed by atoms with Crippen LogP contribution in [0.1, 0.15) is 18.7 Å². The van der Waals surface area contributed by atoms with Crippen LogP contribution in [0.2, 0.25) is 0 Å². The highest BCUT2D eigenvalue weighted by Crippen LogP contribution is 2.26. The van der Waals surface area contributed by atoms with E-state index in [1.54, 1.807) is 24.6 Å². The van der Waals surface area contributed by atoms with E-state index in [-0.39, 0.29) is 29.4 Å². The second kappa shape index (κ2) is 8.34. The highest BCUT2D eigenvalue weighted by Gasteiger charge is 2.23. The predicted octanol–water partition coefficient (Wildman–Crippen LogP) is 3.52. The molecule has 1 N–H and O–H groups in total. The van der Waals surface area contributed by atoms with Crippen molar-refractivity contribution in [2.24, 2.45) is 0 Å². The summed E-state index contributed by atoms with van der Waals surface area (Å²) in [6.45, 7) is 2.26. The number of carbonyl (C=O) groups excluding carboxylic acids is 1. The number of nitrogens with zero attached hydrogens (tertiary/aromatic N) is 2. The summed E-state index contributed by atoms with van der Waals surface area (Å²) < 4.78 is 32.1. The number of carbonyl (C=O) groups is 1. The van der Waals surface area contributed by atoms with Gasteiger partial charge in [0.25, 0.3) is 10.0 Å². The molecular weight excluding hydrogens is 398 g/mol. The third-order valence-corrected chi connectivity index (χ3v) is 7.85. The summed E-state index contributed by atoms with van der Waals surface area (Å²) in [6, 6.07) is 12.3. The van der Waals surface area contributed by atoms with Crippen LogP contribution in [0.4, 0.5) is 4.79 Å². The van der Waals surface area contributed by atoms with E-state index < -0.39 is 10.0 Å². The minimum absolute atomic E-state index is 0.179. The first-order chi connectivity index (χ1) is 13.3.